The van der Waals surface area contributed by atoms with Crippen LogP contribution >= 0.6 is 0 Å². The predicted molar refractivity (Wildman–Crippen MR) is 72.7 cm³/mol. The van der Waals surface area contributed by atoms with E-state index >= 15 is 0 Å². The first-order valence-electron chi connectivity index (χ1n) is 5.98. The van der Waals surface area contributed by atoms with Crippen LogP contribution in [0.15, 0.2) is 35.5 Å². The largest absolute Gasteiger partial charge is 0.398 e. The molecular formula is C13H12FN5O. The summed E-state index contributed by atoms with van der Waals surface area (Å²) in [4.78, 5) is 16.4. The Morgan fingerprint density at radius 3 is 2.95 bits per heavy atom. The van der Waals surface area contributed by atoms with Crippen molar-refractivity contribution in [3.63, 3.8) is 0 Å². The molecule has 2 heterocycles. The number of halogens is 1. The summed E-state index contributed by atoms with van der Waals surface area (Å²) >= 11 is 0. The number of fused-ring (bicyclic) bond motifs is 1. The molecule has 0 fully saturated rings. The van der Waals surface area contributed by atoms with Gasteiger partial charge in [-0.2, -0.15) is 5.10 Å². The second-order valence-corrected chi connectivity index (χ2v) is 4.49. The number of nitrogen functional groups attached to an aromatic ring is 1. The van der Waals surface area contributed by atoms with Gasteiger partial charge in [-0.25, -0.2) is 9.37 Å². The van der Waals surface area contributed by atoms with Gasteiger partial charge in [0.05, 0.1) is 12.7 Å². The first-order chi connectivity index (χ1) is 9.58. The molecule has 0 atom stereocenters. The molecule has 20 heavy (non-hydrogen) atoms. The van der Waals surface area contributed by atoms with Crippen molar-refractivity contribution in [2.75, 3.05) is 5.73 Å². The molecule has 7 heteroatoms. The van der Waals surface area contributed by atoms with Gasteiger partial charge >= 0.3 is 0 Å². The second kappa shape index (κ2) is 4.44. The van der Waals surface area contributed by atoms with E-state index in [4.69, 9.17) is 5.73 Å². The maximum absolute atomic E-state index is 13.8. The lowest BCUT2D eigenvalue weighted by Gasteiger charge is -2.09. The van der Waals surface area contributed by atoms with Crippen molar-refractivity contribution in [3.8, 4) is 0 Å². The highest BCUT2D eigenvalue weighted by atomic mass is 19.1. The number of hydrogen-bond donors (Lipinski definition) is 1. The molecule has 0 saturated heterocycles. The molecule has 0 unspecified atom stereocenters. The molecule has 3 rings (SSSR count). The average Bonchev–Trinajstić information content (AvgIpc) is 2.79. The normalized spacial score (nSPS) is 11.1. The quantitative estimate of drug-likeness (QED) is 0.704. The summed E-state index contributed by atoms with van der Waals surface area (Å²) in [6.45, 7) is 0.0369. The zero-order valence-electron chi connectivity index (χ0n) is 10.7. The molecule has 0 aliphatic rings. The number of rotatable bonds is 2. The molecule has 0 aliphatic carbocycles. The number of aryl methyl sites for hydroxylation is 1. The van der Waals surface area contributed by atoms with Crippen LogP contribution in [0.2, 0.25) is 0 Å². The minimum atomic E-state index is -0.441. The monoisotopic (exact) mass is 273 g/mol. The fourth-order valence-corrected chi connectivity index (χ4v) is 2.09. The third-order valence-electron chi connectivity index (χ3n) is 3.20. The van der Waals surface area contributed by atoms with Crippen molar-refractivity contribution in [3.05, 3.63) is 52.5 Å². The van der Waals surface area contributed by atoms with Crippen LogP contribution in [0, 0.1) is 5.82 Å². The third-order valence-corrected chi connectivity index (χ3v) is 3.20. The van der Waals surface area contributed by atoms with Gasteiger partial charge in [-0.05, 0) is 12.1 Å². The molecule has 0 aliphatic heterocycles. The summed E-state index contributed by atoms with van der Waals surface area (Å²) in [7, 11) is 1.70. The van der Waals surface area contributed by atoms with E-state index in [1.54, 1.807) is 13.1 Å². The summed E-state index contributed by atoms with van der Waals surface area (Å²) < 4.78 is 16.6. The lowest BCUT2D eigenvalue weighted by molar-refractivity contribution is 0.596. The van der Waals surface area contributed by atoms with Crippen LogP contribution in [0.3, 0.4) is 0 Å². The average molecular weight is 273 g/mol. The van der Waals surface area contributed by atoms with E-state index in [0.29, 0.717) is 16.7 Å². The maximum Gasteiger partial charge on any atom is 0.264 e. The molecule has 3 aromatic rings. The summed E-state index contributed by atoms with van der Waals surface area (Å²) in [5.74, 6) is -0.441. The van der Waals surface area contributed by atoms with Crippen molar-refractivity contribution >= 4 is 16.7 Å². The SMILES string of the molecule is Cn1ncc2c(=O)n(Cc3c(N)cccc3F)cnc21. The van der Waals surface area contributed by atoms with Crippen LogP contribution in [0.4, 0.5) is 10.1 Å². The second-order valence-electron chi connectivity index (χ2n) is 4.49. The predicted octanol–water partition coefficient (Wildman–Crippen LogP) is 0.900. The van der Waals surface area contributed by atoms with Crippen LogP contribution in [0.5, 0.6) is 0 Å². The summed E-state index contributed by atoms with van der Waals surface area (Å²) in [6.07, 6.45) is 2.82. The van der Waals surface area contributed by atoms with Crippen molar-refractivity contribution in [2.24, 2.45) is 7.05 Å². The van der Waals surface area contributed by atoms with Gasteiger partial charge in [0.1, 0.15) is 17.5 Å². The number of nitrogens with two attached hydrogens (primary N) is 1. The van der Waals surface area contributed by atoms with Crippen molar-refractivity contribution in [2.45, 2.75) is 6.54 Å². The molecule has 0 saturated carbocycles. The number of benzene rings is 1. The van der Waals surface area contributed by atoms with Gasteiger partial charge in [0, 0.05) is 18.3 Å². The minimum absolute atomic E-state index is 0.0369. The van der Waals surface area contributed by atoms with Gasteiger partial charge in [-0.3, -0.25) is 14.0 Å². The van der Waals surface area contributed by atoms with Crippen molar-refractivity contribution in [1.82, 2.24) is 19.3 Å². The molecule has 2 N–H and O–H groups in total. The Labute approximate surface area is 113 Å². The van der Waals surface area contributed by atoms with Crippen molar-refractivity contribution in [1.29, 1.82) is 0 Å². The number of aromatic nitrogens is 4. The lowest BCUT2D eigenvalue weighted by atomic mass is 10.1. The number of hydrogen-bond acceptors (Lipinski definition) is 4. The van der Waals surface area contributed by atoms with E-state index in [1.807, 2.05) is 0 Å². The first-order valence-corrected chi connectivity index (χ1v) is 5.98. The van der Waals surface area contributed by atoms with Gasteiger partial charge in [-0.1, -0.05) is 6.07 Å². The first kappa shape index (κ1) is 12.3. The molecule has 0 spiro atoms. The molecular weight excluding hydrogens is 261 g/mol. The standard InChI is InChI=1S/C13H12FN5O/c1-18-12-8(5-17-18)13(20)19(7-16-12)6-9-10(14)3-2-4-11(9)15/h2-5,7H,6,15H2,1H3. The zero-order valence-corrected chi connectivity index (χ0v) is 10.7. The minimum Gasteiger partial charge on any atom is -0.398 e. The molecule has 0 bridgehead atoms. The van der Waals surface area contributed by atoms with Crippen LogP contribution in [-0.2, 0) is 13.6 Å². The van der Waals surface area contributed by atoms with E-state index in [-0.39, 0.29) is 17.7 Å². The molecule has 0 radical (unpaired) electrons. The molecule has 102 valence electrons. The fourth-order valence-electron chi connectivity index (χ4n) is 2.09. The van der Waals surface area contributed by atoms with E-state index in [1.165, 1.54) is 33.9 Å². The highest BCUT2D eigenvalue weighted by molar-refractivity contribution is 5.72. The van der Waals surface area contributed by atoms with E-state index < -0.39 is 5.82 Å². The Bertz CT molecular complexity index is 831. The van der Waals surface area contributed by atoms with Crippen LogP contribution in [0.1, 0.15) is 5.56 Å². The van der Waals surface area contributed by atoms with Crippen LogP contribution in [-0.4, -0.2) is 19.3 Å². The van der Waals surface area contributed by atoms with Gasteiger partial charge in [0.2, 0.25) is 0 Å². The Hall–Kier alpha value is -2.70. The Balaban J connectivity index is 2.12. The summed E-state index contributed by atoms with van der Waals surface area (Å²) in [5.41, 5.74) is 6.55. The zero-order chi connectivity index (χ0) is 14.3. The third kappa shape index (κ3) is 1.83. The topological polar surface area (TPSA) is 78.7 Å². The maximum atomic E-state index is 13.8. The highest BCUT2D eigenvalue weighted by Crippen LogP contribution is 2.16. The molecule has 6 nitrogen and oxygen atoms in total. The summed E-state index contributed by atoms with van der Waals surface area (Å²) in [6, 6.07) is 4.44. The van der Waals surface area contributed by atoms with Crippen LogP contribution in [0.25, 0.3) is 11.0 Å². The van der Waals surface area contributed by atoms with Gasteiger partial charge < -0.3 is 5.73 Å². The number of anilines is 1. The van der Waals surface area contributed by atoms with E-state index in [2.05, 4.69) is 10.1 Å². The van der Waals surface area contributed by atoms with Gasteiger partial charge in [0.25, 0.3) is 5.56 Å². The Kier molecular flexibility index (Phi) is 2.74. The Morgan fingerprint density at radius 2 is 2.20 bits per heavy atom. The molecule has 1 aromatic carbocycles. The lowest BCUT2D eigenvalue weighted by Crippen LogP contribution is -2.22. The molecule has 2 aromatic heterocycles. The van der Waals surface area contributed by atoms with Crippen LogP contribution < -0.4 is 11.3 Å². The number of nitrogens with zero attached hydrogens (tertiary/aromatic N) is 4. The smallest absolute Gasteiger partial charge is 0.264 e. The Morgan fingerprint density at radius 1 is 1.40 bits per heavy atom. The molecule has 0 amide bonds. The van der Waals surface area contributed by atoms with Crippen molar-refractivity contribution < 1.29 is 4.39 Å². The summed E-state index contributed by atoms with van der Waals surface area (Å²) in [5, 5.41) is 4.38. The fraction of sp³-hybridized carbons (Fsp3) is 0.154. The highest BCUT2D eigenvalue weighted by Gasteiger charge is 2.11. The van der Waals surface area contributed by atoms with E-state index in [9.17, 15) is 9.18 Å². The van der Waals surface area contributed by atoms with Gasteiger partial charge in [-0.15, -0.1) is 0 Å². The van der Waals surface area contributed by atoms with E-state index in [0.717, 1.165) is 0 Å². The van der Waals surface area contributed by atoms with Gasteiger partial charge in [0.15, 0.2) is 5.65 Å².